The minimum Gasteiger partial charge on any atom is -0.370 e. The number of hydrogen-bond donors (Lipinski definition) is 1. The van der Waals surface area contributed by atoms with Gasteiger partial charge < -0.3 is 10.2 Å². The predicted octanol–water partition coefficient (Wildman–Crippen LogP) is 4.32. The van der Waals surface area contributed by atoms with Crippen LogP contribution in [-0.2, 0) is 6.54 Å². The van der Waals surface area contributed by atoms with Gasteiger partial charge in [0.15, 0.2) is 0 Å². The summed E-state index contributed by atoms with van der Waals surface area (Å²) < 4.78 is 0. The van der Waals surface area contributed by atoms with Crippen molar-refractivity contribution < 1.29 is 0 Å². The highest BCUT2D eigenvalue weighted by Crippen LogP contribution is 2.41. The maximum atomic E-state index is 6.54. The molecule has 3 heteroatoms. The molecule has 2 aliphatic rings. The number of nitrogens with one attached hydrogen (secondary N) is 1. The van der Waals surface area contributed by atoms with E-state index in [1.807, 2.05) is 0 Å². The van der Waals surface area contributed by atoms with Crippen LogP contribution in [0, 0.1) is 17.8 Å². The molecule has 1 aromatic rings. The van der Waals surface area contributed by atoms with E-state index in [0.717, 1.165) is 29.9 Å². The molecule has 2 fully saturated rings. The van der Waals surface area contributed by atoms with Gasteiger partial charge in [-0.1, -0.05) is 37.9 Å². The van der Waals surface area contributed by atoms with Crippen LogP contribution in [0.1, 0.15) is 38.7 Å². The van der Waals surface area contributed by atoms with Crippen LogP contribution in [0.25, 0.3) is 0 Å². The van der Waals surface area contributed by atoms with Gasteiger partial charge in [-0.3, -0.25) is 0 Å². The van der Waals surface area contributed by atoms with Gasteiger partial charge in [0, 0.05) is 19.6 Å². The zero-order chi connectivity index (χ0) is 14.8. The van der Waals surface area contributed by atoms with E-state index in [4.69, 9.17) is 11.6 Å². The molecule has 0 amide bonds. The highest BCUT2D eigenvalue weighted by atomic mass is 35.5. The van der Waals surface area contributed by atoms with Crippen molar-refractivity contribution in [3.63, 3.8) is 0 Å². The van der Waals surface area contributed by atoms with Crippen molar-refractivity contribution >= 4 is 17.3 Å². The number of benzene rings is 1. The molecule has 1 N–H and O–H groups in total. The van der Waals surface area contributed by atoms with Crippen LogP contribution in [0.4, 0.5) is 5.69 Å². The first-order chi connectivity index (χ1) is 10.1. The summed E-state index contributed by atoms with van der Waals surface area (Å²) in [6.45, 7) is 8.82. The van der Waals surface area contributed by atoms with Crippen molar-refractivity contribution in [2.24, 2.45) is 17.8 Å². The minimum atomic E-state index is 0.684. The second-order valence-corrected chi connectivity index (χ2v) is 7.57. The van der Waals surface area contributed by atoms with Gasteiger partial charge in [0.2, 0.25) is 0 Å². The number of nitrogens with zero attached hydrogens (tertiary/aromatic N) is 1. The molecule has 1 saturated heterocycles. The van der Waals surface area contributed by atoms with E-state index in [0.29, 0.717) is 5.92 Å². The molecule has 21 heavy (non-hydrogen) atoms. The lowest BCUT2D eigenvalue weighted by molar-refractivity contribution is 0.494. The Bertz CT molecular complexity index is 474. The van der Waals surface area contributed by atoms with Gasteiger partial charge in [-0.25, -0.2) is 0 Å². The molecule has 116 valence electrons. The fourth-order valence-electron chi connectivity index (χ4n) is 3.85. The van der Waals surface area contributed by atoms with Gasteiger partial charge in [0.05, 0.1) is 10.7 Å². The summed E-state index contributed by atoms with van der Waals surface area (Å²) in [4.78, 5) is 2.50. The summed E-state index contributed by atoms with van der Waals surface area (Å²) in [5.41, 5.74) is 2.52. The molecule has 2 unspecified atom stereocenters. The Morgan fingerprint density at radius 1 is 1.24 bits per heavy atom. The normalized spacial score (nSPS) is 24.9. The molecule has 1 aromatic carbocycles. The fraction of sp³-hybridized carbons (Fsp3) is 0.667. The second kappa shape index (κ2) is 6.58. The molecule has 0 aromatic heterocycles. The van der Waals surface area contributed by atoms with Gasteiger partial charge in [-0.2, -0.15) is 0 Å². The zero-order valence-corrected chi connectivity index (χ0v) is 14.0. The van der Waals surface area contributed by atoms with Crippen LogP contribution in [0.3, 0.4) is 0 Å². The number of rotatable bonds is 5. The Kier molecular flexibility index (Phi) is 4.75. The average Bonchev–Trinajstić information content (AvgIpc) is 2.99. The maximum Gasteiger partial charge on any atom is 0.0642 e. The van der Waals surface area contributed by atoms with E-state index in [1.165, 1.54) is 43.6 Å². The van der Waals surface area contributed by atoms with E-state index in [-0.39, 0.29) is 0 Å². The lowest BCUT2D eigenvalue weighted by Gasteiger charge is -2.21. The van der Waals surface area contributed by atoms with Gasteiger partial charge in [-0.15, -0.1) is 0 Å². The van der Waals surface area contributed by atoms with Gasteiger partial charge in [-0.05, 0) is 54.8 Å². The van der Waals surface area contributed by atoms with E-state index in [1.54, 1.807) is 0 Å². The lowest BCUT2D eigenvalue weighted by atomic mass is 10.0. The molecular weight excluding hydrogens is 280 g/mol. The molecule has 2 nitrogen and oxygen atoms in total. The van der Waals surface area contributed by atoms with E-state index < -0.39 is 0 Å². The van der Waals surface area contributed by atoms with Crippen LogP contribution in [0.5, 0.6) is 0 Å². The highest BCUT2D eigenvalue weighted by Gasteiger charge is 2.36. The molecular formula is C18H27ClN2. The first kappa shape index (κ1) is 15.2. The topological polar surface area (TPSA) is 15.3 Å². The third-order valence-electron chi connectivity index (χ3n) is 4.96. The van der Waals surface area contributed by atoms with Crippen molar-refractivity contribution in [3.8, 4) is 0 Å². The van der Waals surface area contributed by atoms with Crippen molar-refractivity contribution in [1.29, 1.82) is 0 Å². The largest absolute Gasteiger partial charge is 0.370 e. The van der Waals surface area contributed by atoms with Gasteiger partial charge in [0.1, 0.15) is 0 Å². The molecule has 3 rings (SSSR count). The van der Waals surface area contributed by atoms with Crippen LogP contribution in [0.2, 0.25) is 5.02 Å². The summed E-state index contributed by atoms with van der Waals surface area (Å²) in [5.74, 6) is 2.51. The van der Waals surface area contributed by atoms with Crippen molar-refractivity contribution in [2.45, 2.75) is 39.7 Å². The van der Waals surface area contributed by atoms with Crippen molar-refractivity contribution in [3.05, 3.63) is 28.8 Å². The Balaban J connectivity index is 1.62. The summed E-state index contributed by atoms with van der Waals surface area (Å²) in [6, 6.07) is 6.58. The monoisotopic (exact) mass is 306 g/mol. The lowest BCUT2D eigenvalue weighted by Crippen LogP contribution is -2.21. The Hall–Kier alpha value is -0.730. The first-order valence-electron chi connectivity index (χ1n) is 8.37. The van der Waals surface area contributed by atoms with E-state index in [2.05, 4.69) is 42.3 Å². The number of fused-ring (bicyclic) bond motifs is 1. The smallest absolute Gasteiger partial charge is 0.0642 e. The van der Waals surface area contributed by atoms with Crippen LogP contribution >= 0.6 is 11.6 Å². The summed E-state index contributed by atoms with van der Waals surface area (Å²) in [5, 5.41) is 4.39. The maximum absolute atomic E-state index is 6.54. The highest BCUT2D eigenvalue weighted by molar-refractivity contribution is 6.33. The molecule has 0 radical (unpaired) electrons. The number of hydrogen-bond acceptors (Lipinski definition) is 2. The third kappa shape index (κ3) is 3.54. The zero-order valence-electron chi connectivity index (χ0n) is 13.2. The summed E-state index contributed by atoms with van der Waals surface area (Å²) >= 11 is 6.54. The Labute approximate surface area is 133 Å². The van der Waals surface area contributed by atoms with Crippen LogP contribution < -0.4 is 10.2 Å². The molecule has 2 atom stereocenters. The Morgan fingerprint density at radius 3 is 2.57 bits per heavy atom. The molecule has 0 bridgehead atoms. The van der Waals surface area contributed by atoms with Crippen molar-refractivity contribution in [1.82, 2.24) is 5.32 Å². The van der Waals surface area contributed by atoms with E-state index in [9.17, 15) is 0 Å². The van der Waals surface area contributed by atoms with E-state index >= 15 is 0 Å². The average molecular weight is 307 g/mol. The minimum absolute atomic E-state index is 0.684. The quantitative estimate of drug-likeness (QED) is 0.871. The standard InChI is InChI=1S/C18H27ClN2/c1-13(2)9-20-10-14-6-7-18(17(19)8-14)21-11-15-4-3-5-16(15)12-21/h6-8,13,15-16,20H,3-5,9-12H2,1-2H3. The molecule has 0 spiro atoms. The summed E-state index contributed by atoms with van der Waals surface area (Å²) in [7, 11) is 0. The van der Waals surface area contributed by atoms with Gasteiger partial charge >= 0.3 is 0 Å². The first-order valence-corrected chi connectivity index (χ1v) is 8.75. The number of halogens is 1. The SMILES string of the molecule is CC(C)CNCc1ccc(N2CC3CCCC3C2)c(Cl)c1. The van der Waals surface area contributed by atoms with Crippen LogP contribution in [0.15, 0.2) is 18.2 Å². The van der Waals surface area contributed by atoms with Crippen molar-refractivity contribution in [2.75, 3.05) is 24.5 Å². The molecule has 1 saturated carbocycles. The number of anilines is 1. The fourth-order valence-corrected chi connectivity index (χ4v) is 4.18. The third-order valence-corrected chi connectivity index (χ3v) is 5.26. The van der Waals surface area contributed by atoms with Gasteiger partial charge in [0.25, 0.3) is 0 Å². The second-order valence-electron chi connectivity index (χ2n) is 7.17. The predicted molar refractivity (Wildman–Crippen MR) is 91.0 cm³/mol. The Morgan fingerprint density at radius 2 is 1.95 bits per heavy atom. The molecule has 1 heterocycles. The molecule has 1 aliphatic carbocycles. The van der Waals surface area contributed by atoms with Crippen LogP contribution in [-0.4, -0.2) is 19.6 Å². The molecule has 1 aliphatic heterocycles. The summed E-state index contributed by atoms with van der Waals surface area (Å²) in [6.07, 6.45) is 4.25.